The van der Waals surface area contributed by atoms with E-state index in [2.05, 4.69) is 0 Å². The number of esters is 1. The van der Waals surface area contributed by atoms with Crippen molar-refractivity contribution in [2.24, 2.45) is 0 Å². The maximum absolute atomic E-state index is 12.7. The molecule has 1 aromatic heterocycles. The predicted molar refractivity (Wildman–Crippen MR) is 117 cm³/mol. The number of benzene rings is 2. The number of ether oxygens (including phenoxy) is 1. The summed E-state index contributed by atoms with van der Waals surface area (Å²) in [6.07, 6.45) is 3.57. The zero-order valence-electron chi connectivity index (χ0n) is 17.7. The fraction of sp³-hybridized carbons (Fsp3) is 0.240. The van der Waals surface area contributed by atoms with E-state index in [1.54, 1.807) is 11.1 Å². The van der Waals surface area contributed by atoms with Crippen LogP contribution in [0.1, 0.15) is 47.2 Å². The van der Waals surface area contributed by atoms with Crippen molar-refractivity contribution in [3.63, 3.8) is 0 Å². The number of hydrogen-bond donors (Lipinski definition) is 0. The molecule has 2 aromatic carbocycles. The van der Waals surface area contributed by atoms with Gasteiger partial charge in [-0.25, -0.2) is 4.79 Å². The molecule has 0 fully saturated rings. The summed E-state index contributed by atoms with van der Waals surface area (Å²) in [7, 11) is 0. The molecule has 0 radical (unpaired) electrons. The Kier molecular flexibility index (Phi) is 5.46. The van der Waals surface area contributed by atoms with Crippen molar-refractivity contribution < 1.29 is 18.7 Å². The Hall–Kier alpha value is -3.67. The summed E-state index contributed by atoms with van der Waals surface area (Å²) in [4.78, 5) is 38.3. The highest BCUT2D eigenvalue weighted by Gasteiger charge is 2.28. The third kappa shape index (κ3) is 4.14. The molecule has 158 valence electrons. The van der Waals surface area contributed by atoms with E-state index in [0.717, 1.165) is 27.6 Å². The Balaban J connectivity index is 1.56. The second-order valence-corrected chi connectivity index (χ2v) is 7.77. The van der Waals surface area contributed by atoms with E-state index in [1.807, 2.05) is 56.3 Å². The first-order valence-corrected chi connectivity index (χ1v) is 10.1. The zero-order chi connectivity index (χ0) is 22.1. The van der Waals surface area contributed by atoms with Gasteiger partial charge in [-0.3, -0.25) is 9.59 Å². The Bertz CT molecular complexity index is 1270. The summed E-state index contributed by atoms with van der Waals surface area (Å²) in [5.41, 5.74) is 4.50. The highest BCUT2D eigenvalue weighted by molar-refractivity contribution is 5.82. The van der Waals surface area contributed by atoms with Crippen LogP contribution in [0.2, 0.25) is 0 Å². The van der Waals surface area contributed by atoms with Gasteiger partial charge in [0.05, 0.1) is 12.5 Å². The van der Waals surface area contributed by atoms with Gasteiger partial charge in [-0.15, -0.1) is 0 Å². The molecule has 0 unspecified atom stereocenters. The fourth-order valence-corrected chi connectivity index (χ4v) is 3.89. The lowest BCUT2D eigenvalue weighted by atomic mass is 9.94. The molecule has 0 saturated carbocycles. The molecule has 1 aliphatic rings. The third-order valence-electron chi connectivity index (χ3n) is 5.66. The standard InChI is InChI=1S/C25H23NO5/c1-15-10-21-19(12-25(29)31-23(21)11-16(15)2)14-30-24(28)13-22-20-7-5-4-6-18(20)8-9-26(22)17(3)27/h4-12,22H,13-14H2,1-3H3/t22-/m1/s1. The minimum absolute atomic E-state index is 0.0123. The van der Waals surface area contributed by atoms with Gasteiger partial charge in [0, 0.05) is 30.1 Å². The molecule has 0 saturated heterocycles. The number of fused-ring (bicyclic) bond motifs is 2. The van der Waals surface area contributed by atoms with Crippen LogP contribution >= 0.6 is 0 Å². The van der Waals surface area contributed by atoms with Crippen molar-refractivity contribution in [2.75, 3.05) is 0 Å². The number of carbonyl (C=O) groups is 2. The van der Waals surface area contributed by atoms with E-state index in [0.29, 0.717) is 11.1 Å². The monoisotopic (exact) mass is 417 g/mol. The topological polar surface area (TPSA) is 76.8 Å². The van der Waals surface area contributed by atoms with E-state index in [-0.39, 0.29) is 18.9 Å². The van der Waals surface area contributed by atoms with Crippen molar-refractivity contribution in [2.45, 2.75) is 39.8 Å². The van der Waals surface area contributed by atoms with Crippen LogP contribution in [-0.2, 0) is 20.9 Å². The maximum Gasteiger partial charge on any atom is 0.336 e. The molecule has 31 heavy (non-hydrogen) atoms. The molecule has 0 N–H and O–H groups in total. The van der Waals surface area contributed by atoms with Crippen molar-refractivity contribution in [1.82, 2.24) is 4.90 Å². The van der Waals surface area contributed by atoms with Gasteiger partial charge in [0.25, 0.3) is 0 Å². The smallest absolute Gasteiger partial charge is 0.336 e. The largest absolute Gasteiger partial charge is 0.461 e. The van der Waals surface area contributed by atoms with Crippen molar-refractivity contribution in [3.05, 3.63) is 86.9 Å². The minimum Gasteiger partial charge on any atom is -0.461 e. The fourth-order valence-electron chi connectivity index (χ4n) is 3.89. The Morgan fingerprint density at radius 1 is 1.10 bits per heavy atom. The molecule has 2 heterocycles. The molecule has 1 amide bonds. The van der Waals surface area contributed by atoms with Crippen LogP contribution in [0.4, 0.5) is 0 Å². The number of rotatable bonds is 4. The average Bonchev–Trinajstić information content (AvgIpc) is 2.73. The second kappa shape index (κ2) is 8.22. The number of aryl methyl sites for hydroxylation is 2. The molecule has 1 atom stereocenters. The molecule has 0 spiro atoms. The molecule has 0 aliphatic carbocycles. The lowest BCUT2D eigenvalue weighted by Crippen LogP contribution is -2.32. The summed E-state index contributed by atoms with van der Waals surface area (Å²) >= 11 is 0. The van der Waals surface area contributed by atoms with Gasteiger partial charge in [0.2, 0.25) is 5.91 Å². The molecular weight excluding hydrogens is 394 g/mol. The lowest BCUT2D eigenvalue weighted by molar-refractivity contribution is -0.146. The van der Waals surface area contributed by atoms with E-state index in [1.165, 1.54) is 13.0 Å². The number of amides is 1. The summed E-state index contributed by atoms with van der Waals surface area (Å²) in [5.74, 6) is -0.604. The van der Waals surface area contributed by atoms with E-state index in [4.69, 9.17) is 9.15 Å². The van der Waals surface area contributed by atoms with E-state index in [9.17, 15) is 14.4 Å². The van der Waals surface area contributed by atoms with Gasteiger partial charge in [-0.1, -0.05) is 24.3 Å². The highest BCUT2D eigenvalue weighted by Crippen LogP contribution is 2.33. The van der Waals surface area contributed by atoms with Gasteiger partial charge in [-0.2, -0.15) is 0 Å². The quantitative estimate of drug-likeness (QED) is 0.464. The van der Waals surface area contributed by atoms with Crippen LogP contribution in [0.25, 0.3) is 17.0 Å². The molecule has 6 heteroatoms. The molecule has 0 bridgehead atoms. The zero-order valence-corrected chi connectivity index (χ0v) is 17.7. The number of nitrogens with zero attached hydrogens (tertiary/aromatic N) is 1. The van der Waals surface area contributed by atoms with Crippen LogP contribution in [0.5, 0.6) is 0 Å². The maximum atomic E-state index is 12.7. The minimum atomic E-state index is -0.490. The normalized spacial score (nSPS) is 15.1. The Labute approximate surface area is 179 Å². The van der Waals surface area contributed by atoms with Crippen LogP contribution in [0.15, 0.2) is 57.9 Å². The van der Waals surface area contributed by atoms with E-state index < -0.39 is 17.6 Å². The van der Waals surface area contributed by atoms with E-state index >= 15 is 0 Å². The van der Waals surface area contributed by atoms with Gasteiger partial charge in [0.1, 0.15) is 12.2 Å². The highest BCUT2D eigenvalue weighted by atomic mass is 16.5. The van der Waals surface area contributed by atoms with Crippen LogP contribution < -0.4 is 5.63 Å². The van der Waals surface area contributed by atoms with Crippen molar-refractivity contribution in [3.8, 4) is 0 Å². The summed E-state index contributed by atoms with van der Waals surface area (Å²) in [6, 6.07) is 12.3. The van der Waals surface area contributed by atoms with Crippen molar-refractivity contribution >= 4 is 28.9 Å². The van der Waals surface area contributed by atoms with Crippen molar-refractivity contribution in [1.29, 1.82) is 0 Å². The van der Waals surface area contributed by atoms with Crippen LogP contribution in [-0.4, -0.2) is 16.8 Å². The summed E-state index contributed by atoms with van der Waals surface area (Å²) < 4.78 is 10.8. The number of hydrogen-bond acceptors (Lipinski definition) is 5. The van der Waals surface area contributed by atoms with Gasteiger partial charge < -0.3 is 14.1 Å². The molecule has 4 rings (SSSR count). The number of carbonyl (C=O) groups excluding carboxylic acids is 2. The first-order chi connectivity index (χ1) is 14.8. The lowest BCUT2D eigenvalue weighted by Gasteiger charge is -2.32. The van der Waals surface area contributed by atoms with Crippen LogP contribution in [0, 0.1) is 13.8 Å². The molecule has 6 nitrogen and oxygen atoms in total. The first-order valence-electron chi connectivity index (χ1n) is 10.1. The van der Waals surface area contributed by atoms with Gasteiger partial charge in [-0.05, 0) is 54.3 Å². The Morgan fingerprint density at radius 3 is 2.61 bits per heavy atom. The summed E-state index contributed by atoms with van der Waals surface area (Å²) in [5, 5.41) is 0.742. The molecule has 3 aromatic rings. The van der Waals surface area contributed by atoms with Gasteiger partial charge in [0.15, 0.2) is 0 Å². The van der Waals surface area contributed by atoms with Crippen LogP contribution in [0.3, 0.4) is 0 Å². The summed E-state index contributed by atoms with van der Waals surface area (Å²) in [6.45, 7) is 5.34. The SMILES string of the molecule is CC(=O)N1C=Cc2ccccc2[C@H]1CC(=O)OCc1cc(=O)oc2cc(C)c(C)cc12. The van der Waals surface area contributed by atoms with Gasteiger partial charge >= 0.3 is 11.6 Å². The average molecular weight is 417 g/mol. The second-order valence-electron chi connectivity index (χ2n) is 7.77. The first kappa shape index (κ1) is 20.6. The predicted octanol–water partition coefficient (Wildman–Crippen LogP) is 4.42. The molecular formula is C25H23NO5. The third-order valence-corrected chi connectivity index (χ3v) is 5.66. The molecule has 1 aliphatic heterocycles. The Morgan fingerprint density at radius 2 is 1.84 bits per heavy atom.